The molecule has 1 aromatic rings. The minimum absolute atomic E-state index is 0.261. The average Bonchev–Trinajstić information content (AvgIpc) is 2.78. The van der Waals surface area contributed by atoms with Crippen molar-refractivity contribution in [2.45, 2.75) is 51.7 Å². The molecular formula is C13H21N3O. The van der Waals surface area contributed by atoms with Crippen LogP contribution in [-0.4, -0.2) is 17.1 Å². The topological polar surface area (TPSA) is 61.0 Å². The van der Waals surface area contributed by atoms with Gasteiger partial charge in [-0.1, -0.05) is 0 Å². The lowest BCUT2D eigenvalue weighted by Gasteiger charge is -2.26. The third-order valence-electron chi connectivity index (χ3n) is 3.83. The standard InChI is InChI=1S/C13H21N3O/c1-9-11(8-14)10(2)16-12(15-9)13(17-3)6-4-5-7-13/h4-8,14H2,1-3H3. The summed E-state index contributed by atoms with van der Waals surface area (Å²) in [7, 11) is 1.76. The van der Waals surface area contributed by atoms with Crippen LogP contribution in [0.2, 0.25) is 0 Å². The summed E-state index contributed by atoms with van der Waals surface area (Å²) < 4.78 is 5.71. The molecule has 0 atom stereocenters. The Kier molecular flexibility index (Phi) is 3.45. The highest BCUT2D eigenvalue weighted by Crippen LogP contribution is 2.40. The second-order valence-electron chi connectivity index (χ2n) is 4.81. The maximum Gasteiger partial charge on any atom is 0.160 e. The molecular weight excluding hydrogens is 214 g/mol. The molecule has 94 valence electrons. The van der Waals surface area contributed by atoms with E-state index >= 15 is 0 Å². The van der Waals surface area contributed by atoms with Crippen molar-refractivity contribution in [2.24, 2.45) is 5.73 Å². The van der Waals surface area contributed by atoms with Crippen molar-refractivity contribution in [1.29, 1.82) is 0 Å². The van der Waals surface area contributed by atoms with E-state index < -0.39 is 0 Å². The first-order valence-corrected chi connectivity index (χ1v) is 6.23. The molecule has 0 spiro atoms. The Bertz CT molecular complexity index is 388. The molecule has 0 aromatic carbocycles. The van der Waals surface area contributed by atoms with Gasteiger partial charge in [0.2, 0.25) is 0 Å². The number of hydrogen-bond acceptors (Lipinski definition) is 4. The van der Waals surface area contributed by atoms with Crippen LogP contribution in [0.5, 0.6) is 0 Å². The van der Waals surface area contributed by atoms with Crippen molar-refractivity contribution in [3.05, 3.63) is 22.8 Å². The maximum atomic E-state index is 5.71. The summed E-state index contributed by atoms with van der Waals surface area (Å²) in [5.41, 5.74) is 8.47. The molecule has 0 saturated heterocycles. The van der Waals surface area contributed by atoms with Gasteiger partial charge in [0.25, 0.3) is 0 Å². The predicted molar refractivity (Wildman–Crippen MR) is 66.6 cm³/mol. The Morgan fingerprint density at radius 3 is 2.12 bits per heavy atom. The van der Waals surface area contributed by atoms with E-state index in [4.69, 9.17) is 10.5 Å². The fourth-order valence-electron chi connectivity index (χ4n) is 2.70. The van der Waals surface area contributed by atoms with Gasteiger partial charge in [-0.25, -0.2) is 9.97 Å². The molecule has 1 heterocycles. The predicted octanol–water partition coefficient (Wildman–Crippen LogP) is 1.97. The summed E-state index contributed by atoms with van der Waals surface area (Å²) in [5.74, 6) is 0.838. The van der Waals surface area contributed by atoms with Gasteiger partial charge in [0.15, 0.2) is 5.82 Å². The Hall–Kier alpha value is -1.00. The number of methoxy groups -OCH3 is 1. The normalized spacial score (nSPS) is 18.6. The molecule has 0 amide bonds. The monoisotopic (exact) mass is 235 g/mol. The van der Waals surface area contributed by atoms with Crippen LogP contribution in [0.1, 0.15) is 48.5 Å². The van der Waals surface area contributed by atoms with Gasteiger partial charge in [0.1, 0.15) is 5.60 Å². The Labute approximate surface area is 103 Å². The van der Waals surface area contributed by atoms with E-state index in [1.807, 2.05) is 13.8 Å². The summed E-state index contributed by atoms with van der Waals surface area (Å²) in [4.78, 5) is 9.23. The summed E-state index contributed by atoms with van der Waals surface area (Å²) in [5, 5.41) is 0. The van der Waals surface area contributed by atoms with Crippen LogP contribution in [0.15, 0.2) is 0 Å². The summed E-state index contributed by atoms with van der Waals surface area (Å²) >= 11 is 0. The van der Waals surface area contributed by atoms with E-state index in [0.29, 0.717) is 6.54 Å². The molecule has 1 aliphatic carbocycles. The first-order valence-electron chi connectivity index (χ1n) is 6.23. The summed E-state index contributed by atoms with van der Waals surface area (Å²) in [6.07, 6.45) is 4.41. The van der Waals surface area contributed by atoms with Gasteiger partial charge in [-0.05, 0) is 39.5 Å². The molecule has 1 aromatic heterocycles. The third kappa shape index (κ3) is 2.07. The number of aromatic nitrogens is 2. The van der Waals surface area contributed by atoms with Crippen molar-refractivity contribution in [2.75, 3.05) is 7.11 Å². The molecule has 2 rings (SSSR count). The highest BCUT2D eigenvalue weighted by atomic mass is 16.5. The highest BCUT2D eigenvalue weighted by Gasteiger charge is 2.38. The van der Waals surface area contributed by atoms with E-state index in [1.54, 1.807) is 7.11 Å². The van der Waals surface area contributed by atoms with Crippen LogP contribution in [0.3, 0.4) is 0 Å². The van der Waals surface area contributed by atoms with Crippen LogP contribution in [0.4, 0.5) is 0 Å². The van der Waals surface area contributed by atoms with Gasteiger partial charge >= 0.3 is 0 Å². The number of nitrogens with two attached hydrogens (primary N) is 1. The fourth-order valence-corrected chi connectivity index (χ4v) is 2.70. The smallest absolute Gasteiger partial charge is 0.160 e. The van der Waals surface area contributed by atoms with Crippen molar-refractivity contribution in [3.63, 3.8) is 0 Å². The van der Waals surface area contributed by atoms with Crippen LogP contribution < -0.4 is 5.73 Å². The maximum absolute atomic E-state index is 5.71. The van der Waals surface area contributed by atoms with Crippen molar-refractivity contribution >= 4 is 0 Å². The van der Waals surface area contributed by atoms with Gasteiger partial charge in [-0.15, -0.1) is 0 Å². The molecule has 1 aliphatic rings. The lowest BCUT2D eigenvalue weighted by molar-refractivity contribution is -0.0166. The average molecular weight is 235 g/mol. The SMILES string of the molecule is COC1(c2nc(C)c(CN)c(C)n2)CCCC1. The van der Waals surface area contributed by atoms with Crippen molar-refractivity contribution in [3.8, 4) is 0 Å². The lowest BCUT2D eigenvalue weighted by Crippen LogP contribution is -2.28. The molecule has 0 aliphatic heterocycles. The van der Waals surface area contributed by atoms with Gasteiger partial charge in [-0.3, -0.25) is 0 Å². The van der Waals surface area contributed by atoms with Crippen LogP contribution in [0, 0.1) is 13.8 Å². The van der Waals surface area contributed by atoms with Crippen LogP contribution >= 0.6 is 0 Å². The Morgan fingerprint density at radius 1 is 1.18 bits per heavy atom. The molecule has 0 bridgehead atoms. The molecule has 0 unspecified atom stereocenters. The Balaban J connectivity index is 2.45. The van der Waals surface area contributed by atoms with Crippen molar-refractivity contribution in [1.82, 2.24) is 9.97 Å². The van der Waals surface area contributed by atoms with E-state index in [2.05, 4.69) is 9.97 Å². The van der Waals surface area contributed by atoms with E-state index in [1.165, 1.54) is 12.8 Å². The molecule has 17 heavy (non-hydrogen) atoms. The zero-order valence-electron chi connectivity index (χ0n) is 10.9. The van der Waals surface area contributed by atoms with E-state index in [9.17, 15) is 0 Å². The Morgan fingerprint density at radius 2 is 1.71 bits per heavy atom. The third-order valence-corrected chi connectivity index (χ3v) is 3.83. The van der Waals surface area contributed by atoms with Gasteiger partial charge in [0.05, 0.1) is 0 Å². The fraction of sp³-hybridized carbons (Fsp3) is 0.692. The van der Waals surface area contributed by atoms with Gasteiger partial charge < -0.3 is 10.5 Å². The van der Waals surface area contributed by atoms with Gasteiger partial charge in [0, 0.05) is 30.6 Å². The highest BCUT2D eigenvalue weighted by molar-refractivity contribution is 5.25. The van der Waals surface area contributed by atoms with Crippen molar-refractivity contribution < 1.29 is 4.74 Å². The lowest BCUT2D eigenvalue weighted by atomic mass is 10.00. The summed E-state index contributed by atoms with van der Waals surface area (Å²) in [6, 6.07) is 0. The number of rotatable bonds is 3. The first kappa shape index (κ1) is 12.5. The molecule has 2 N–H and O–H groups in total. The summed E-state index contributed by atoms with van der Waals surface area (Å²) in [6.45, 7) is 4.50. The molecule has 1 fully saturated rings. The molecule has 1 saturated carbocycles. The first-order chi connectivity index (χ1) is 8.13. The minimum Gasteiger partial charge on any atom is -0.370 e. The van der Waals surface area contributed by atoms with E-state index in [-0.39, 0.29) is 5.60 Å². The quantitative estimate of drug-likeness (QED) is 0.870. The van der Waals surface area contributed by atoms with E-state index in [0.717, 1.165) is 35.6 Å². The molecule has 4 nitrogen and oxygen atoms in total. The molecule has 0 radical (unpaired) electrons. The van der Waals surface area contributed by atoms with Gasteiger partial charge in [-0.2, -0.15) is 0 Å². The number of hydrogen-bond donors (Lipinski definition) is 1. The largest absolute Gasteiger partial charge is 0.370 e. The van der Waals surface area contributed by atoms with Crippen LogP contribution in [0.25, 0.3) is 0 Å². The molecule has 4 heteroatoms. The number of aryl methyl sites for hydroxylation is 2. The second-order valence-corrected chi connectivity index (χ2v) is 4.81. The minimum atomic E-state index is -0.261. The zero-order valence-corrected chi connectivity index (χ0v) is 10.9. The second kappa shape index (κ2) is 4.70. The zero-order chi connectivity index (χ0) is 12.5. The van der Waals surface area contributed by atoms with Crippen LogP contribution in [-0.2, 0) is 16.9 Å². The number of ether oxygens (including phenoxy) is 1. The number of nitrogens with zero attached hydrogens (tertiary/aromatic N) is 2.